The fourth-order valence-electron chi connectivity index (χ4n) is 3.01. The highest BCUT2D eigenvalue weighted by molar-refractivity contribution is 5.81. The molecule has 0 fully saturated rings. The number of fused-ring (bicyclic) bond motifs is 2. The number of benzene rings is 1. The van der Waals surface area contributed by atoms with Crippen molar-refractivity contribution >= 4 is 22.5 Å². The summed E-state index contributed by atoms with van der Waals surface area (Å²) in [5, 5.41) is 17.3. The van der Waals surface area contributed by atoms with E-state index in [0.29, 0.717) is 18.0 Å². The minimum atomic E-state index is 0.446. The van der Waals surface area contributed by atoms with Crippen LogP contribution in [-0.2, 0) is 13.6 Å². The normalized spacial score (nSPS) is 11.6. The molecule has 128 valence electrons. The third kappa shape index (κ3) is 2.37. The van der Waals surface area contributed by atoms with E-state index in [1.54, 1.807) is 15.4 Å². The highest BCUT2D eigenvalue weighted by atomic mass is 15.4. The molecule has 5 aromatic rings. The van der Waals surface area contributed by atoms with E-state index in [1.165, 1.54) is 0 Å². The quantitative estimate of drug-likeness (QED) is 0.531. The summed E-state index contributed by atoms with van der Waals surface area (Å²) < 4.78 is 5.29. The molecule has 4 aromatic heterocycles. The maximum Gasteiger partial charge on any atom is 0.155 e. The molecule has 0 amide bonds. The van der Waals surface area contributed by atoms with Gasteiger partial charge in [0.1, 0.15) is 11.3 Å². The zero-order chi connectivity index (χ0) is 17.7. The zero-order valence-corrected chi connectivity index (χ0v) is 14.0. The van der Waals surface area contributed by atoms with Crippen LogP contribution in [0.5, 0.6) is 0 Å². The van der Waals surface area contributed by atoms with Crippen molar-refractivity contribution in [3.63, 3.8) is 0 Å². The molecule has 26 heavy (non-hydrogen) atoms. The fraction of sp³-hybridized carbons (Fsp3) is 0.118. The SMILES string of the molecule is Cn1cc(-c2ccc3nnn(Cc4ccc5nc(N)cn5n4)c3c2)cn1. The minimum absolute atomic E-state index is 0.446. The Bertz CT molecular complexity index is 1240. The summed E-state index contributed by atoms with van der Waals surface area (Å²) in [7, 11) is 1.90. The molecular formula is C17H15N9. The van der Waals surface area contributed by atoms with Crippen molar-refractivity contribution in [2.24, 2.45) is 7.05 Å². The molecule has 0 atom stereocenters. The third-order valence-corrected chi connectivity index (χ3v) is 4.26. The first-order valence-electron chi connectivity index (χ1n) is 8.09. The third-order valence-electron chi connectivity index (χ3n) is 4.26. The number of nitrogens with two attached hydrogens (primary N) is 1. The number of rotatable bonds is 3. The highest BCUT2D eigenvalue weighted by Gasteiger charge is 2.10. The van der Waals surface area contributed by atoms with E-state index in [-0.39, 0.29) is 0 Å². The lowest BCUT2D eigenvalue weighted by Gasteiger charge is -2.04. The van der Waals surface area contributed by atoms with Crippen LogP contribution in [0.3, 0.4) is 0 Å². The fourth-order valence-corrected chi connectivity index (χ4v) is 3.01. The van der Waals surface area contributed by atoms with Crippen LogP contribution in [0.2, 0.25) is 0 Å². The lowest BCUT2D eigenvalue weighted by atomic mass is 10.1. The van der Waals surface area contributed by atoms with Gasteiger partial charge in [-0.2, -0.15) is 10.2 Å². The van der Waals surface area contributed by atoms with E-state index in [0.717, 1.165) is 27.9 Å². The van der Waals surface area contributed by atoms with E-state index < -0.39 is 0 Å². The van der Waals surface area contributed by atoms with Crippen molar-refractivity contribution < 1.29 is 0 Å². The maximum absolute atomic E-state index is 5.72. The van der Waals surface area contributed by atoms with Crippen LogP contribution in [-0.4, -0.2) is 39.4 Å². The standard InChI is InChI=1S/C17H15N9/c1-24-8-12(7-19-24)11-2-4-14-15(6-11)25(23-21-14)9-13-3-5-17-20-16(18)10-26(17)22-13/h2-8,10H,9,18H2,1H3. The second-order valence-electron chi connectivity index (χ2n) is 6.15. The van der Waals surface area contributed by atoms with Crippen LogP contribution >= 0.6 is 0 Å². The van der Waals surface area contributed by atoms with Crippen LogP contribution in [0, 0.1) is 0 Å². The lowest BCUT2D eigenvalue weighted by Crippen LogP contribution is -2.06. The molecular weight excluding hydrogens is 330 g/mol. The van der Waals surface area contributed by atoms with Gasteiger partial charge in [0.2, 0.25) is 0 Å². The van der Waals surface area contributed by atoms with E-state index >= 15 is 0 Å². The van der Waals surface area contributed by atoms with Gasteiger partial charge in [-0.3, -0.25) is 4.68 Å². The van der Waals surface area contributed by atoms with E-state index in [2.05, 4.69) is 31.6 Å². The minimum Gasteiger partial charge on any atom is -0.382 e. The number of nitrogen functional groups attached to an aromatic ring is 1. The molecule has 5 rings (SSSR count). The summed E-state index contributed by atoms with van der Waals surface area (Å²) in [4.78, 5) is 4.18. The Hall–Kier alpha value is -3.75. The molecule has 0 aliphatic carbocycles. The van der Waals surface area contributed by atoms with Crippen molar-refractivity contribution in [3.8, 4) is 11.1 Å². The number of hydrogen-bond acceptors (Lipinski definition) is 6. The zero-order valence-electron chi connectivity index (χ0n) is 14.0. The molecule has 0 aliphatic heterocycles. The molecule has 0 aliphatic rings. The Kier molecular flexibility index (Phi) is 3.02. The second-order valence-corrected chi connectivity index (χ2v) is 6.15. The van der Waals surface area contributed by atoms with Gasteiger partial charge in [-0.05, 0) is 29.8 Å². The number of aryl methyl sites for hydroxylation is 1. The maximum atomic E-state index is 5.72. The first kappa shape index (κ1) is 14.6. The van der Waals surface area contributed by atoms with Gasteiger partial charge in [-0.25, -0.2) is 14.2 Å². The Labute approximate surface area is 147 Å². The predicted octanol–water partition coefficient (Wildman–Crippen LogP) is 1.50. The van der Waals surface area contributed by atoms with E-state index in [4.69, 9.17) is 5.73 Å². The van der Waals surface area contributed by atoms with Crippen LogP contribution in [0.25, 0.3) is 27.8 Å². The average molecular weight is 345 g/mol. The number of aromatic nitrogens is 8. The molecule has 9 heteroatoms. The first-order valence-corrected chi connectivity index (χ1v) is 8.09. The van der Waals surface area contributed by atoms with Gasteiger partial charge in [0, 0.05) is 18.8 Å². The Morgan fingerprint density at radius 1 is 1.08 bits per heavy atom. The molecule has 1 aromatic carbocycles. The van der Waals surface area contributed by atoms with Gasteiger partial charge in [-0.15, -0.1) is 5.10 Å². The Morgan fingerprint density at radius 2 is 2.00 bits per heavy atom. The van der Waals surface area contributed by atoms with Crippen LogP contribution in [0.4, 0.5) is 5.82 Å². The molecule has 0 saturated carbocycles. The predicted molar refractivity (Wildman–Crippen MR) is 96.2 cm³/mol. The van der Waals surface area contributed by atoms with Crippen LogP contribution in [0.15, 0.2) is 48.9 Å². The summed E-state index contributed by atoms with van der Waals surface area (Å²) in [6.07, 6.45) is 5.52. The summed E-state index contributed by atoms with van der Waals surface area (Å²) in [5.41, 5.74) is 11.2. The van der Waals surface area contributed by atoms with Crippen molar-refractivity contribution in [3.05, 3.63) is 54.6 Å². The monoisotopic (exact) mass is 345 g/mol. The van der Waals surface area contributed by atoms with Gasteiger partial charge in [0.25, 0.3) is 0 Å². The van der Waals surface area contributed by atoms with Crippen LogP contribution in [0.1, 0.15) is 5.69 Å². The van der Waals surface area contributed by atoms with Crippen molar-refractivity contribution in [2.45, 2.75) is 6.54 Å². The average Bonchev–Trinajstić information content (AvgIpc) is 3.32. The van der Waals surface area contributed by atoms with Gasteiger partial charge < -0.3 is 5.73 Å². The van der Waals surface area contributed by atoms with Crippen molar-refractivity contribution in [2.75, 3.05) is 5.73 Å². The lowest BCUT2D eigenvalue weighted by molar-refractivity contribution is 0.646. The first-order chi connectivity index (χ1) is 12.7. The van der Waals surface area contributed by atoms with Crippen molar-refractivity contribution in [1.82, 2.24) is 39.4 Å². The van der Waals surface area contributed by atoms with Gasteiger partial charge in [0.15, 0.2) is 5.65 Å². The summed E-state index contributed by atoms with van der Waals surface area (Å²) >= 11 is 0. The highest BCUT2D eigenvalue weighted by Crippen LogP contribution is 2.23. The largest absolute Gasteiger partial charge is 0.382 e. The number of anilines is 1. The molecule has 0 bridgehead atoms. The topological polar surface area (TPSA) is 105 Å². The van der Waals surface area contributed by atoms with Gasteiger partial charge >= 0.3 is 0 Å². The molecule has 0 saturated heterocycles. The van der Waals surface area contributed by atoms with E-state index in [9.17, 15) is 0 Å². The second kappa shape index (κ2) is 5.38. The molecule has 0 unspecified atom stereocenters. The number of nitrogens with zero attached hydrogens (tertiary/aromatic N) is 8. The molecule has 2 N–H and O–H groups in total. The van der Waals surface area contributed by atoms with E-state index in [1.807, 2.05) is 48.4 Å². The van der Waals surface area contributed by atoms with Gasteiger partial charge in [0.05, 0.1) is 30.1 Å². The Balaban J connectivity index is 1.55. The molecule has 4 heterocycles. The summed E-state index contributed by atoms with van der Waals surface area (Å²) in [6.45, 7) is 0.501. The Morgan fingerprint density at radius 3 is 2.85 bits per heavy atom. The molecule has 0 spiro atoms. The van der Waals surface area contributed by atoms with Crippen molar-refractivity contribution in [1.29, 1.82) is 0 Å². The number of imidazole rings is 1. The molecule has 0 radical (unpaired) electrons. The summed E-state index contributed by atoms with van der Waals surface area (Å²) in [6, 6.07) is 9.87. The smallest absolute Gasteiger partial charge is 0.155 e. The molecule has 9 nitrogen and oxygen atoms in total. The summed E-state index contributed by atoms with van der Waals surface area (Å²) in [5.74, 6) is 0.446. The van der Waals surface area contributed by atoms with Gasteiger partial charge in [-0.1, -0.05) is 11.3 Å². The van der Waals surface area contributed by atoms with Crippen LogP contribution < -0.4 is 5.73 Å². The number of hydrogen-bond donors (Lipinski definition) is 1.